The number of nitrogens with zero attached hydrogens (tertiary/aromatic N) is 2. The number of hydrogen-bond acceptors (Lipinski definition) is 7. The summed E-state index contributed by atoms with van der Waals surface area (Å²) in [6, 6.07) is 2.64. The molecular weight excluding hydrogens is 432 g/mol. The molecule has 0 unspecified atom stereocenters. The minimum absolute atomic E-state index is 0.00606. The monoisotopic (exact) mass is 462 g/mol. The zero-order chi connectivity index (χ0) is 23.3. The summed E-state index contributed by atoms with van der Waals surface area (Å²) >= 11 is 1.59. The molecule has 0 saturated carbocycles. The van der Waals surface area contributed by atoms with Crippen molar-refractivity contribution in [3.05, 3.63) is 34.1 Å². The Labute approximate surface area is 191 Å². The van der Waals surface area contributed by atoms with Crippen LogP contribution in [0.3, 0.4) is 0 Å². The van der Waals surface area contributed by atoms with E-state index in [1.54, 1.807) is 23.9 Å². The Morgan fingerprint density at radius 3 is 2.62 bits per heavy atom. The normalized spacial score (nSPS) is 13.4. The lowest BCUT2D eigenvalue weighted by Crippen LogP contribution is -2.49. The lowest BCUT2D eigenvalue weighted by molar-refractivity contribution is -0.123. The quantitative estimate of drug-likeness (QED) is 0.548. The smallest absolute Gasteiger partial charge is 0.257 e. The minimum atomic E-state index is -0.723. The number of fused-ring (bicyclic) bond motifs is 2. The Hall–Kier alpha value is -2.72. The van der Waals surface area contributed by atoms with E-state index in [1.807, 2.05) is 36.7 Å². The average Bonchev–Trinajstić information content (AvgIpc) is 3.23. The Bertz CT molecular complexity index is 1050. The highest BCUT2D eigenvalue weighted by molar-refractivity contribution is 7.98. The van der Waals surface area contributed by atoms with Crippen molar-refractivity contribution in [2.75, 3.05) is 46.0 Å². The Morgan fingerprint density at radius 1 is 1.25 bits per heavy atom. The second kappa shape index (κ2) is 10.7. The van der Waals surface area contributed by atoms with Crippen LogP contribution in [0.5, 0.6) is 11.5 Å². The van der Waals surface area contributed by atoms with Crippen LogP contribution in [-0.4, -0.2) is 73.3 Å². The van der Waals surface area contributed by atoms with Gasteiger partial charge in [0.05, 0.1) is 10.9 Å². The van der Waals surface area contributed by atoms with E-state index in [-0.39, 0.29) is 18.3 Å². The SMILES string of the molecule is CCn1cc(C(=O)N[C@H](CCSC)C(=O)NCCN(C)C)c(=O)c2cc3c(cc21)OCO3. The number of rotatable bonds is 10. The molecule has 0 radical (unpaired) electrons. The Morgan fingerprint density at radius 2 is 1.97 bits per heavy atom. The van der Waals surface area contributed by atoms with Gasteiger partial charge in [0.2, 0.25) is 18.1 Å². The van der Waals surface area contributed by atoms with E-state index in [9.17, 15) is 14.4 Å². The van der Waals surface area contributed by atoms with E-state index in [1.165, 1.54) is 6.20 Å². The number of thioether (sulfide) groups is 1. The highest BCUT2D eigenvalue weighted by Crippen LogP contribution is 2.35. The first-order chi connectivity index (χ1) is 15.3. The lowest BCUT2D eigenvalue weighted by atomic mass is 10.1. The van der Waals surface area contributed by atoms with E-state index in [0.717, 1.165) is 0 Å². The standard InChI is InChI=1S/C22H30N4O5S/c1-5-26-12-15(20(27)14-10-18-19(11-17(14)26)31-13-30-18)21(28)24-16(6-9-32-4)22(29)23-7-8-25(2)3/h10-12,16H,5-9,13H2,1-4H3,(H,23,29)(H,24,28)/t16-/m1/s1. The maximum absolute atomic E-state index is 13.2. The van der Waals surface area contributed by atoms with Gasteiger partial charge in [-0.3, -0.25) is 14.4 Å². The van der Waals surface area contributed by atoms with Gasteiger partial charge in [-0.1, -0.05) is 0 Å². The van der Waals surface area contributed by atoms with E-state index >= 15 is 0 Å². The molecule has 174 valence electrons. The van der Waals surface area contributed by atoms with Gasteiger partial charge in [0, 0.05) is 31.9 Å². The van der Waals surface area contributed by atoms with E-state index in [2.05, 4.69) is 10.6 Å². The van der Waals surface area contributed by atoms with Crippen LogP contribution in [0, 0.1) is 0 Å². The van der Waals surface area contributed by atoms with Crippen molar-refractivity contribution in [3.63, 3.8) is 0 Å². The molecule has 1 aliphatic heterocycles. The third kappa shape index (κ3) is 5.36. The summed E-state index contributed by atoms with van der Waals surface area (Å²) in [5.74, 6) is 0.933. The molecular formula is C22H30N4O5S. The van der Waals surface area contributed by atoms with E-state index < -0.39 is 17.4 Å². The predicted octanol–water partition coefficient (Wildman–Crippen LogP) is 1.28. The molecule has 0 aliphatic carbocycles. The molecule has 1 aromatic heterocycles. The van der Waals surface area contributed by atoms with Crippen molar-refractivity contribution in [2.45, 2.75) is 25.9 Å². The third-order valence-corrected chi connectivity index (χ3v) is 5.89. The first kappa shape index (κ1) is 23.9. The summed E-state index contributed by atoms with van der Waals surface area (Å²) in [7, 11) is 3.84. The number of aromatic nitrogens is 1. The fourth-order valence-corrected chi connectivity index (χ4v) is 3.94. The molecule has 0 fully saturated rings. The van der Waals surface area contributed by atoms with Crippen LogP contribution < -0.4 is 25.5 Å². The molecule has 10 heteroatoms. The van der Waals surface area contributed by atoms with Crippen LogP contribution in [0.15, 0.2) is 23.1 Å². The van der Waals surface area contributed by atoms with Crippen LogP contribution in [0.2, 0.25) is 0 Å². The molecule has 0 saturated heterocycles. The van der Waals surface area contributed by atoms with Crippen molar-refractivity contribution < 1.29 is 19.1 Å². The summed E-state index contributed by atoms with van der Waals surface area (Å²) in [5, 5.41) is 6.00. The molecule has 2 amide bonds. The molecule has 1 atom stereocenters. The molecule has 0 bridgehead atoms. The van der Waals surface area contributed by atoms with Gasteiger partial charge >= 0.3 is 0 Å². The Kier molecular flexibility index (Phi) is 8.03. The fraction of sp³-hybridized carbons (Fsp3) is 0.500. The average molecular weight is 463 g/mol. The molecule has 0 spiro atoms. The lowest BCUT2D eigenvalue weighted by Gasteiger charge is -2.19. The van der Waals surface area contributed by atoms with Gasteiger partial charge < -0.3 is 29.6 Å². The molecule has 2 heterocycles. The number of carbonyl (C=O) groups excluding carboxylic acids is 2. The molecule has 1 aliphatic rings. The number of hydrogen-bond donors (Lipinski definition) is 2. The zero-order valence-corrected chi connectivity index (χ0v) is 19.7. The number of nitrogens with one attached hydrogen (secondary N) is 2. The van der Waals surface area contributed by atoms with Gasteiger partial charge in [0.15, 0.2) is 11.5 Å². The third-order valence-electron chi connectivity index (χ3n) is 5.25. The number of ether oxygens (including phenoxy) is 2. The number of pyridine rings is 1. The number of carbonyl (C=O) groups is 2. The van der Waals surface area contributed by atoms with E-state index in [0.29, 0.717) is 54.2 Å². The van der Waals surface area contributed by atoms with Crippen LogP contribution in [-0.2, 0) is 11.3 Å². The Balaban J connectivity index is 1.88. The highest BCUT2D eigenvalue weighted by atomic mass is 32.2. The molecule has 3 rings (SSSR count). The summed E-state index contributed by atoms with van der Waals surface area (Å²) < 4.78 is 12.6. The summed E-state index contributed by atoms with van der Waals surface area (Å²) in [6.45, 7) is 3.74. The maximum Gasteiger partial charge on any atom is 0.257 e. The van der Waals surface area contributed by atoms with Gasteiger partial charge in [-0.2, -0.15) is 11.8 Å². The number of benzene rings is 1. The minimum Gasteiger partial charge on any atom is -0.454 e. The topological polar surface area (TPSA) is 102 Å². The largest absolute Gasteiger partial charge is 0.454 e. The molecule has 2 N–H and O–H groups in total. The first-order valence-electron chi connectivity index (χ1n) is 10.5. The molecule has 9 nitrogen and oxygen atoms in total. The van der Waals surface area contributed by atoms with Gasteiger partial charge in [0.25, 0.3) is 5.91 Å². The van der Waals surface area contributed by atoms with Gasteiger partial charge in [-0.05, 0) is 45.5 Å². The van der Waals surface area contributed by atoms with Crippen molar-refractivity contribution in [2.24, 2.45) is 0 Å². The van der Waals surface area contributed by atoms with Crippen molar-refractivity contribution in [1.82, 2.24) is 20.1 Å². The van der Waals surface area contributed by atoms with Crippen LogP contribution in [0.1, 0.15) is 23.7 Å². The highest BCUT2D eigenvalue weighted by Gasteiger charge is 2.24. The van der Waals surface area contributed by atoms with Gasteiger partial charge in [0.1, 0.15) is 11.6 Å². The molecule has 1 aromatic carbocycles. The summed E-state index contributed by atoms with van der Waals surface area (Å²) in [4.78, 5) is 40.9. The second-order valence-electron chi connectivity index (χ2n) is 7.78. The van der Waals surface area contributed by atoms with E-state index in [4.69, 9.17) is 9.47 Å². The van der Waals surface area contributed by atoms with Crippen LogP contribution >= 0.6 is 11.8 Å². The zero-order valence-electron chi connectivity index (χ0n) is 18.9. The van der Waals surface area contributed by atoms with Gasteiger partial charge in [-0.15, -0.1) is 0 Å². The van der Waals surface area contributed by atoms with Gasteiger partial charge in [-0.25, -0.2) is 0 Å². The predicted molar refractivity (Wildman–Crippen MR) is 126 cm³/mol. The first-order valence-corrected chi connectivity index (χ1v) is 11.9. The maximum atomic E-state index is 13.2. The van der Waals surface area contributed by atoms with Crippen LogP contribution in [0.4, 0.5) is 0 Å². The van der Waals surface area contributed by atoms with Crippen molar-refractivity contribution in [1.29, 1.82) is 0 Å². The van der Waals surface area contributed by atoms with Crippen molar-refractivity contribution in [3.8, 4) is 11.5 Å². The second-order valence-corrected chi connectivity index (χ2v) is 8.77. The number of likely N-dealkylation sites (N-methyl/N-ethyl adjacent to an activating group) is 1. The number of amides is 2. The molecule has 32 heavy (non-hydrogen) atoms. The van der Waals surface area contributed by atoms with Crippen LogP contribution in [0.25, 0.3) is 10.9 Å². The number of aryl methyl sites for hydroxylation is 1. The summed E-state index contributed by atoms with van der Waals surface area (Å²) in [5.41, 5.74) is 0.254. The van der Waals surface area contributed by atoms with Crippen molar-refractivity contribution >= 4 is 34.5 Å². The summed E-state index contributed by atoms with van der Waals surface area (Å²) in [6.07, 6.45) is 3.95. The fourth-order valence-electron chi connectivity index (χ4n) is 3.47. The molecule has 2 aromatic rings.